The van der Waals surface area contributed by atoms with Gasteiger partial charge in [-0.1, -0.05) is 38.1 Å². The molecule has 1 fully saturated rings. The Kier molecular flexibility index (Phi) is 4.00. The summed E-state index contributed by atoms with van der Waals surface area (Å²) in [4.78, 5) is 0. The van der Waals surface area contributed by atoms with E-state index in [1.54, 1.807) is 0 Å². The van der Waals surface area contributed by atoms with Gasteiger partial charge in [0.25, 0.3) is 0 Å². The normalized spacial score (nSPS) is 20.6. The average molecular weight is 217 g/mol. The molecule has 16 heavy (non-hydrogen) atoms. The molecule has 1 aromatic rings. The van der Waals surface area contributed by atoms with E-state index in [1.807, 2.05) is 0 Å². The first-order valence-corrected chi connectivity index (χ1v) is 6.68. The lowest BCUT2D eigenvalue weighted by Gasteiger charge is -2.15. The van der Waals surface area contributed by atoms with Gasteiger partial charge in [-0.15, -0.1) is 0 Å². The van der Waals surface area contributed by atoms with Crippen LogP contribution in [-0.4, -0.2) is 6.54 Å². The van der Waals surface area contributed by atoms with Gasteiger partial charge in [0.05, 0.1) is 0 Å². The van der Waals surface area contributed by atoms with E-state index >= 15 is 0 Å². The van der Waals surface area contributed by atoms with Crippen molar-refractivity contribution in [2.45, 2.75) is 51.5 Å². The van der Waals surface area contributed by atoms with Crippen LogP contribution in [0.1, 0.15) is 62.6 Å². The van der Waals surface area contributed by atoms with Crippen LogP contribution in [0.5, 0.6) is 0 Å². The van der Waals surface area contributed by atoms with Gasteiger partial charge in [0.1, 0.15) is 0 Å². The molecule has 2 rings (SSSR count). The lowest BCUT2D eigenvalue weighted by atomic mass is 9.92. The Morgan fingerprint density at radius 2 is 1.88 bits per heavy atom. The molecule has 1 nitrogen and oxygen atoms in total. The molecule has 1 saturated heterocycles. The van der Waals surface area contributed by atoms with Crippen LogP contribution < -0.4 is 5.32 Å². The second-order valence-corrected chi connectivity index (χ2v) is 4.83. The Bertz CT molecular complexity index is 284. The fraction of sp³-hybridized carbons (Fsp3) is 0.600. The van der Waals surface area contributed by atoms with Gasteiger partial charge in [-0.25, -0.2) is 0 Å². The van der Waals surface area contributed by atoms with Crippen molar-refractivity contribution in [2.24, 2.45) is 0 Å². The molecule has 0 bridgehead atoms. The van der Waals surface area contributed by atoms with Gasteiger partial charge in [-0.3, -0.25) is 0 Å². The van der Waals surface area contributed by atoms with Crippen LogP contribution in [0.15, 0.2) is 24.3 Å². The lowest BCUT2D eigenvalue weighted by Crippen LogP contribution is -2.12. The number of rotatable bonds is 4. The Labute approximate surface area is 99.3 Å². The first kappa shape index (κ1) is 11.7. The van der Waals surface area contributed by atoms with Crippen molar-refractivity contribution in [3.05, 3.63) is 35.4 Å². The molecule has 1 aliphatic rings. The number of nitrogens with one attached hydrogen (secondary N) is 1. The van der Waals surface area contributed by atoms with Gasteiger partial charge in [0, 0.05) is 6.04 Å². The van der Waals surface area contributed by atoms with E-state index < -0.39 is 0 Å². The van der Waals surface area contributed by atoms with E-state index in [0.29, 0.717) is 6.04 Å². The zero-order valence-corrected chi connectivity index (χ0v) is 10.5. The topological polar surface area (TPSA) is 12.0 Å². The molecule has 1 aliphatic heterocycles. The van der Waals surface area contributed by atoms with E-state index in [9.17, 15) is 0 Å². The first-order chi connectivity index (χ1) is 7.85. The maximum atomic E-state index is 3.55. The lowest BCUT2D eigenvalue weighted by molar-refractivity contribution is 0.633. The van der Waals surface area contributed by atoms with Crippen LogP contribution in [0, 0.1) is 0 Å². The first-order valence-electron chi connectivity index (χ1n) is 6.68. The number of benzene rings is 1. The quantitative estimate of drug-likeness (QED) is 0.803. The van der Waals surface area contributed by atoms with Crippen LogP contribution in [0.2, 0.25) is 0 Å². The van der Waals surface area contributed by atoms with Crippen molar-refractivity contribution >= 4 is 0 Å². The van der Waals surface area contributed by atoms with Crippen LogP contribution in [0.4, 0.5) is 0 Å². The molecule has 1 heterocycles. The second kappa shape index (κ2) is 5.49. The molecule has 1 aromatic carbocycles. The van der Waals surface area contributed by atoms with E-state index in [1.165, 1.54) is 43.4 Å². The average Bonchev–Trinajstić information content (AvgIpc) is 2.85. The zero-order valence-electron chi connectivity index (χ0n) is 10.5. The summed E-state index contributed by atoms with van der Waals surface area (Å²) in [6.07, 6.45) is 5.11. The summed E-state index contributed by atoms with van der Waals surface area (Å²) in [5.41, 5.74) is 2.97. The summed E-state index contributed by atoms with van der Waals surface area (Å²) < 4.78 is 0. The van der Waals surface area contributed by atoms with Gasteiger partial charge in [0.15, 0.2) is 0 Å². The fourth-order valence-electron chi connectivity index (χ4n) is 2.73. The summed E-state index contributed by atoms with van der Waals surface area (Å²) in [6.45, 7) is 5.74. The van der Waals surface area contributed by atoms with Gasteiger partial charge < -0.3 is 5.32 Å². The van der Waals surface area contributed by atoms with E-state index in [4.69, 9.17) is 0 Å². The largest absolute Gasteiger partial charge is 0.310 e. The molecular formula is C15H23N. The fourth-order valence-corrected chi connectivity index (χ4v) is 2.73. The predicted molar refractivity (Wildman–Crippen MR) is 69.7 cm³/mol. The van der Waals surface area contributed by atoms with Crippen molar-refractivity contribution < 1.29 is 0 Å². The minimum absolute atomic E-state index is 0.607. The highest BCUT2D eigenvalue weighted by atomic mass is 14.9. The Morgan fingerprint density at radius 1 is 1.19 bits per heavy atom. The molecule has 0 spiro atoms. The third-order valence-electron chi connectivity index (χ3n) is 3.86. The summed E-state index contributed by atoms with van der Waals surface area (Å²) in [5.74, 6) is 0.741. The molecule has 0 radical (unpaired) electrons. The molecule has 0 aliphatic carbocycles. The van der Waals surface area contributed by atoms with Crippen molar-refractivity contribution in [1.82, 2.24) is 5.32 Å². The molecule has 1 heteroatoms. The minimum atomic E-state index is 0.607. The zero-order chi connectivity index (χ0) is 11.4. The summed E-state index contributed by atoms with van der Waals surface area (Å²) in [5, 5.41) is 3.55. The second-order valence-electron chi connectivity index (χ2n) is 4.83. The molecule has 1 atom stereocenters. The molecule has 88 valence electrons. The van der Waals surface area contributed by atoms with E-state index in [-0.39, 0.29) is 0 Å². The SMILES string of the molecule is CCC(CC)c1ccc(C2CCCN2)cc1. The van der Waals surface area contributed by atoms with Crippen molar-refractivity contribution in [1.29, 1.82) is 0 Å². The highest BCUT2D eigenvalue weighted by molar-refractivity contribution is 5.27. The van der Waals surface area contributed by atoms with Crippen LogP contribution in [0.3, 0.4) is 0 Å². The highest BCUT2D eigenvalue weighted by Crippen LogP contribution is 2.27. The van der Waals surface area contributed by atoms with Gasteiger partial charge in [-0.05, 0) is 49.3 Å². The van der Waals surface area contributed by atoms with E-state index in [2.05, 4.69) is 43.4 Å². The Hall–Kier alpha value is -0.820. The van der Waals surface area contributed by atoms with E-state index in [0.717, 1.165) is 5.92 Å². The monoisotopic (exact) mass is 217 g/mol. The predicted octanol–water partition coefficient (Wildman–Crippen LogP) is 4.01. The van der Waals surface area contributed by atoms with Crippen molar-refractivity contribution in [3.8, 4) is 0 Å². The molecule has 1 unspecified atom stereocenters. The smallest absolute Gasteiger partial charge is 0.0320 e. The summed E-state index contributed by atoms with van der Waals surface area (Å²) >= 11 is 0. The Balaban J connectivity index is 2.09. The highest BCUT2D eigenvalue weighted by Gasteiger charge is 2.16. The molecule has 0 amide bonds. The van der Waals surface area contributed by atoms with Crippen LogP contribution in [0.25, 0.3) is 0 Å². The minimum Gasteiger partial charge on any atom is -0.310 e. The van der Waals surface area contributed by atoms with Crippen molar-refractivity contribution in [2.75, 3.05) is 6.54 Å². The maximum absolute atomic E-state index is 3.55. The molecule has 0 saturated carbocycles. The molecule has 1 N–H and O–H groups in total. The summed E-state index contributed by atoms with van der Waals surface area (Å²) in [7, 11) is 0. The Morgan fingerprint density at radius 3 is 2.38 bits per heavy atom. The standard InChI is InChI=1S/C15H23N/c1-3-12(4-2)13-7-9-14(10-8-13)15-6-5-11-16-15/h7-10,12,15-16H,3-6,11H2,1-2H3. The summed E-state index contributed by atoms with van der Waals surface area (Å²) in [6, 6.07) is 9.89. The third-order valence-corrected chi connectivity index (χ3v) is 3.86. The van der Waals surface area contributed by atoms with Crippen molar-refractivity contribution in [3.63, 3.8) is 0 Å². The van der Waals surface area contributed by atoms with Gasteiger partial charge >= 0.3 is 0 Å². The van der Waals surface area contributed by atoms with Crippen LogP contribution in [-0.2, 0) is 0 Å². The number of hydrogen-bond donors (Lipinski definition) is 1. The van der Waals surface area contributed by atoms with Gasteiger partial charge in [-0.2, -0.15) is 0 Å². The maximum Gasteiger partial charge on any atom is 0.0320 e. The number of hydrogen-bond acceptors (Lipinski definition) is 1. The van der Waals surface area contributed by atoms with Gasteiger partial charge in [0.2, 0.25) is 0 Å². The van der Waals surface area contributed by atoms with Crippen LogP contribution >= 0.6 is 0 Å². The molecule has 0 aromatic heterocycles. The third kappa shape index (κ3) is 2.46. The molecular weight excluding hydrogens is 194 g/mol.